The van der Waals surface area contributed by atoms with Crippen LogP contribution in [0.4, 0.5) is 0 Å². The molecule has 0 amide bonds. The molecule has 1 saturated heterocycles. The second-order valence-electron chi connectivity index (χ2n) is 6.87. The van der Waals surface area contributed by atoms with Gasteiger partial charge in [0.2, 0.25) is 0 Å². The molecule has 0 radical (unpaired) electrons. The molecule has 1 aliphatic rings. The van der Waals surface area contributed by atoms with Crippen LogP contribution in [0, 0.1) is 0 Å². The maximum atomic E-state index is 9.39. The van der Waals surface area contributed by atoms with Gasteiger partial charge in [-0.2, -0.15) is 0 Å². The summed E-state index contributed by atoms with van der Waals surface area (Å²) in [6, 6.07) is 16.2. The summed E-state index contributed by atoms with van der Waals surface area (Å²) in [6.07, 6.45) is 0.865. The molecule has 1 aliphatic heterocycles. The van der Waals surface area contributed by atoms with Crippen LogP contribution in [0.25, 0.3) is 10.8 Å². The van der Waals surface area contributed by atoms with Gasteiger partial charge in [-0.15, -0.1) is 0 Å². The van der Waals surface area contributed by atoms with E-state index in [1.165, 1.54) is 16.3 Å². The van der Waals surface area contributed by atoms with Crippen LogP contribution in [-0.2, 0) is 6.54 Å². The largest absolute Gasteiger partial charge is 0.396 e. The van der Waals surface area contributed by atoms with Crippen LogP contribution in [-0.4, -0.2) is 53.2 Å². The number of rotatable bonds is 5. The summed E-state index contributed by atoms with van der Waals surface area (Å²) >= 11 is 0. The Morgan fingerprint density at radius 3 is 2.65 bits per heavy atom. The fraction of sp³-hybridized carbons (Fsp3) is 0.500. The highest BCUT2D eigenvalue weighted by atomic mass is 16.3. The van der Waals surface area contributed by atoms with Gasteiger partial charge in [-0.05, 0) is 36.6 Å². The molecule has 1 fully saturated rings. The first-order chi connectivity index (χ1) is 11.2. The van der Waals surface area contributed by atoms with Gasteiger partial charge in [-0.3, -0.25) is 9.80 Å². The maximum absolute atomic E-state index is 9.39. The average molecular weight is 312 g/mol. The summed E-state index contributed by atoms with van der Waals surface area (Å²) in [5, 5.41) is 12.1. The van der Waals surface area contributed by atoms with Crippen LogP contribution < -0.4 is 0 Å². The van der Waals surface area contributed by atoms with Crippen molar-refractivity contribution < 1.29 is 5.11 Å². The molecule has 2 aromatic carbocycles. The van der Waals surface area contributed by atoms with Crippen LogP contribution in [0.2, 0.25) is 0 Å². The Bertz CT molecular complexity index is 635. The second kappa shape index (κ2) is 7.43. The summed E-state index contributed by atoms with van der Waals surface area (Å²) in [4.78, 5) is 5.08. The van der Waals surface area contributed by atoms with Gasteiger partial charge < -0.3 is 5.11 Å². The number of benzene rings is 2. The van der Waals surface area contributed by atoms with Crippen molar-refractivity contribution in [1.82, 2.24) is 9.80 Å². The molecule has 2 aromatic rings. The summed E-state index contributed by atoms with van der Waals surface area (Å²) in [6.45, 7) is 9.01. The fourth-order valence-electron chi connectivity index (χ4n) is 3.83. The zero-order valence-corrected chi connectivity index (χ0v) is 14.3. The number of hydrogen-bond acceptors (Lipinski definition) is 3. The van der Waals surface area contributed by atoms with Crippen molar-refractivity contribution in [2.75, 3.05) is 26.2 Å². The molecule has 0 bridgehead atoms. The summed E-state index contributed by atoms with van der Waals surface area (Å²) < 4.78 is 0. The summed E-state index contributed by atoms with van der Waals surface area (Å²) in [5.74, 6) is 0. The van der Waals surface area contributed by atoms with Gasteiger partial charge in [-0.1, -0.05) is 42.5 Å². The third-order valence-electron chi connectivity index (χ3n) is 5.01. The SMILES string of the molecule is CC(C)N1CCN(Cc2cccc3ccccc23)C[C@@H]1CCO. The van der Waals surface area contributed by atoms with E-state index < -0.39 is 0 Å². The highest BCUT2D eigenvalue weighted by Crippen LogP contribution is 2.22. The van der Waals surface area contributed by atoms with Crippen LogP contribution in [0.5, 0.6) is 0 Å². The molecule has 1 N–H and O–H groups in total. The van der Waals surface area contributed by atoms with Gasteiger partial charge in [0.05, 0.1) is 0 Å². The van der Waals surface area contributed by atoms with Crippen molar-refractivity contribution in [3.63, 3.8) is 0 Å². The number of fused-ring (bicyclic) bond motifs is 1. The molecule has 3 rings (SSSR count). The zero-order chi connectivity index (χ0) is 16.2. The lowest BCUT2D eigenvalue weighted by atomic mass is 10.0. The predicted molar refractivity (Wildman–Crippen MR) is 96.6 cm³/mol. The Labute approximate surface area is 139 Å². The lowest BCUT2D eigenvalue weighted by Gasteiger charge is -2.43. The van der Waals surface area contributed by atoms with Gasteiger partial charge >= 0.3 is 0 Å². The molecule has 0 spiro atoms. The molecule has 124 valence electrons. The van der Waals surface area contributed by atoms with Crippen molar-refractivity contribution in [2.45, 2.75) is 38.9 Å². The van der Waals surface area contributed by atoms with E-state index in [-0.39, 0.29) is 6.61 Å². The van der Waals surface area contributed by atoms with Gasteiger partial charge in [0.15, 0.2) is 0 Å². The van der Waals surface area contributed by atoms with Gasteiger partial charge in [0.1, 0.15) is 0 Å². The van der Waals surface area contributed by atoms with Crippen molar-refractivity contribution in [3.8, 4) is 0 Å². The first kappa shape index (κ1) is 16.4. The topological polar surface area (TPSA) is 26.7 Å². The van der Waals surface area contributed by atoms with Crippen molar-refractivity contribution in [2.24, 2.45) is 0 Å². The lowest BCUT2D eigenvalue weighted by Crippen LogP contribution is -2.55. The molecule has 1 heterocycles. The van der Waals surface area contributed by atoms with Crippen molar-refractivity contribution >= 4 is 10.8 Å². The van der Waals surface area contributed by atoms with E-state index in [9.17, 15) is 5.11 Å². The number of hydrogen-bond donors (Lipinski definition) is 1. The third kappa shape index (κ3) is 3.74. The lowest BCUT2D eigenvalue weighted by molar-refractivity contribution is 0.0351. The van der Waals surface area contributed by atoms with E-state index >= 15 is 0 Å². The van der Waals surface area contributed by atoms with Gasteiger partial charge in [-0.25, -0.2) is 0 Å². The molecule has 23 heavy (non-hydrogen) atoms. The Balaban J connectivity index is 1.75. The second-order valence-corrected chi connectivity index (χ2v) is 6.87. The Hall–Kier alpha value is -1.42. The Morgan fingerprint density at radius 2 is 1.87 bits per heavy atom. The maximum Gasteiger partial charge on any atom is 0.0446 e. The molecular weight excluding hydrogens is 284 g/mol. The van der Waals surface area contributed by atoms with Crippen LogP contribution in [0.15, 0.2) is 42.5 Å². The van der Waals surface area contributed by atoms with Gasteiger partial charge in [0, 0.05) is 44.9 Å². The minimum atomic E-state index is 0.274. The van der Waals surface area contributed by atoms with E-state index in [4.69, 9.17) is 0 Å². The Morgan fingerprint density at radius 1 is 1.09 bits per heavy atom. The molecular formula is C20H28N2O. The van der Waals surface area contributed by atoms with E-state index in [1.807, 2.05) is 0 Å². The quantitative estimate of drug-likeness (QED) is 0.919. The normalized spacial score (nSPS) is 20.4. The molecule has 3 heteroatoms. The van der Waals surface area contributed by atoms with E-state index in [2.05, 4.69) is 66.1 Å². The van der Waals surface area contributed by atoms with Crippen LogP contribution in [0.1, 0.15) is 25.8 Å². The highest BCUT2D eigenvalue weighted by Gasteiger charge is 2.28. The fourth-order valence-corrected chi connectivity index (χ4v) is 3.83. The molecule has 1 atom stereocenters. The third-order valence-corrected chi connectivity index (χ3v) is 5.01. The first-order valence-electron chi connectivity index (χ1n) is 8.74. The van der Waals surface area contributed by atoms with E-state index in [0.717, 1.165) is 32.6 Å². The average Bonchev–Trinajstić information content (AvgIpc) is 2.55. The smallest absolute Gasteiger partial charge is 0.0446 e. The standard InChI is InChI=1S/C20H28N2O/c1-16(2)22-12-11-21(15-19(22)10-13-23)14-18-8-5-7-17-6-3-4-9-20(17)18/h3-9,16,19,23H,10-15H2,1-2H3/t19-/m0/s1. The Kier molecular flexibility index (Phi) is 5.31. The highest BCUT2D eigenvalue weighted by molar-refractivity contribution is 5.85. The molecule has 3 nitrogen and oxygen atoms in total. The number of aliphatic hydroxyl groups excluding tert-OH is 1. The van der Waals surface area contributed by atoms with E-state index in [1.54, 1.807) is 0 Å². The molecule has 0 aliphatic carbocycles. The van der Waals surface area contributed by atoms with Crippen molar-refractivity contribution in [1.29, 1.82) is 0 Å². The number of aliphatic hydroxyl groups is 1. The molecule has 0 saturated carbocycles. The molecule has 0 unspecified atom stereocenters. The minimum Gasteiger partial charge on any atom is -0.396 e. The van der Waals surface area contributed by atoms with Crippen molar-refractivity contribution in [3.05, 3.63) is 48.0 Å². The molecule has 0 aromatic heterocycles. The summed E-state index contributed by atoms with van der Waals surface area (Å²) in [5.41, 5.74) is 1.41. The minimum absolute atomic E-state index is 0.274. The monoisotopic (exact) mass is 312 g/mol. The number of nitrogens with zero attached hydrogens (tertiary/aromatic N) is 2. The summed E-state index contributed by atoms with van der Waals surface area (Å²) in [7, 11) is 0. The van der Waals surface area contributed by atoms with Crippen LogP contribution in [0.3, 0.4) is 0 Å². The van der Waals surface area contributed by atoms with Crippen LogP contribution >= 0.6 is 0 Å². The predicted octanol–water partition coefficient (Wildman–Crippen LogP) is 3.12. The zero-order valence-electron chi connectivity index (χ0n) is 14.3. The first-order valence-corrected chi connectivity index (χ1v) is 8.74. The van der Waals surface area contributed by atoms with E-state index in [0.29, 0.717) is 12.1 Å². The van der Waals surface area contributed by atoms with Gasteiger partial charge in [0.25, 0.3) is 0 Å². The number of piperazine rings is 1.